The van der Waals surface area contributed by atoms with Crippen LogP contribution in [0.1, 0.15) is 26.4 Å². The second kappa shape index (κ2) is 6.99. The summed E-state index contributed by atoms with van der Waals surface area (Å²) < 4.78 is 1.45. The summed E-state index contributed by atoms with van der Waals surface area (Å²) in [5.41, 5.74) is 2.67. The average molecular weight is 343 g/mol. The van der Waals surface area contributed by atoms with E-state index in [0.717, 1.165) is 5.46 Å². The van der Waals surface area contributed by atoms with E-state index >= 15 is 0 Å². The average Bonchev–Trinajstić information content (AvgIpc) is 3.06. The van der Waals surface area contributed by atoms with Crippen molar-refractivity contribution in [1.82, 2.24) is 4.57 Å². The number of rotatable bonds is 4. The highest BCUT2D eigenvalue weighted by molar-refractivity contribution is 6.32. The first-order valence-corrected chi connectivity index (χ1v) is 7.83. The maximum Gasteiger partial charge on any atom is 0.355 e. The monoisotopic (exact) mass is 343 g/mol. The van der Waals surface area contributed by atoms with Crippen LogP contribution in [0.4, 0.5) is 5.69 Å². The molecule has 7 heteroatoms. The molecular formula is C19H14BN3O3. The molecule has 0 fully saturated rings. The van der Waals surface area contributed by atoms with Crippen LogP contribution in [0.2, 0.25) is 0 Å². The summed E-state index contributed by atoms with van der Waals surface area (Å²) in [6, 6.07) is 17.0. The molecule has 3 rings (SSSR count). The first kappa shape index (κ1) is 17.1. The lowest BCUT2D eigenvalue weighted by Crippen LogP contribution is -2.16. The van der Waals surface area contributed by atoms with Gasteiger partial charge in [-0.3, -0.25) is 4.79 Å². The molecule has 0 spiro atoms. The normalized spacial score (nSPS) is 10.1. The molecule has 1 heterocycles. The fourth-order valence-electron chi connectivity index (χ4n) is 2.56. The highest BCUT2D eigenvalue weighted by Crippen LogP contribution is 2.23. The molecule has 0 saturated carbocycles. The number of aromatic nitrogens is 1. The molecule has 0 atom stereocenters. The highest BCUT2D eigenvalue weighted by Gasteiger charge is 2.19. The van der Waals surface area contributed by atoms with E-state index in [1.165, 1.54) is 10.6 Å². The van der Waals surface area contributed by atoms with E-state index in [4.69, 9.17) is 5.26 Å². The van der Waals surface area contributed by atoms with Crippen LogP contribution in [0.15, 0.2) is 60.8 Å². The van der Waals surface area contributed by atoms with Gasteiger partial charge in [-0.05, 0) is 30.3 Å². The molecule has 126 valence electrons. The van der Waals surface area contributed by atoms with E-state index in [-0.39, 0.29) is 17.3 Å². The number of hydrogen-bond donors (Lipinski definition) is 2. The third-order valence-electron chi connectivity index (χ3n) is 3.93. The molecule has 2 aromatic carbocycles. The van der Waals surface area contributed by atoms with Crippen molar-refractivity contribution in [2.75, 3.05) is 5.32 Å². The Labute approximate surface area is 150 Å². The number of amides is 1. The van der Waals surface area contributed by atoms with Gasteiger partial charge in [-0.2, -0.15) is 5.26 Å². The van der Waals surface area contributed by atoms with Crippen LogP contribution in [-0.2, 0) is 0 Å². The number of nitrogens with one attached hydrogen (secondary N) is 1. The number of benzene rings is 2. The third kappa shape index (κ3) is 3.35. The summed E-state index contributed by atoms with van der Waals surface area (Å²) in [5.74, 6) is -1.55. The molecule has 0 aliphatic rings. The molecule has 0 aliphatic carbocycles. The number of carboxylic acid groups (broad SMARTS) is 1. The topological polar surface area (TPSA) is 95.1 Å². The number of aromatic carboxylic acids is 1. The summed E-state index contributed by atoms with van der Waals surface area (Å²) >= 11 is 0. The quantitative estimate of drug-likeness (QED) is 0.703. The number of carbonyl (C=O) groups is 2. The fourth-order valence-corrected chi connectivity index (χ4v) is 2.56. The Morgan fingerprint density at radius 3 is 2.27 bits per heavy atom. The standard InChI is InChI=1S/C19H14BN3O3/c20-14-5-3-13(4-6-14)18(24)22-16-9-10-23(17(16)19(25)26)15-7-1-12(11-21)2-8-15/h1-10H,20H2,(H,22,24)(H,25,26). The van der Waals surface area contributed by atoms with Crippen molar-refractivity contribution in [1.29, 1.82) is 5.26 Å². The summed E-state index contributed by atoms with van der Waals surface area (Å²) in [7, 11) is 1.92. The molecule has 2 N–H and O–H groups in total. The van der Waals surface area contributed by atoms with Crippen molar-refractivity contribution >= 4 is 30.9 Å². The minimum absolute atomic E-state index is 0.0600. The maximum absolute atomic E-state index is 12.4. The van der Waals surface area contributed by atoms with Crippen molar-refractivity contribution in [3.63, 3.8) is 0 Å². The number of hydrogen-bond acceptors (Lipinski definition) is 3. The number of carboxylic acids is 1. The number of nitrogens with zero attached hydrogens (tertiary/aromatic N) is 2. The van der Waals surface area contributed by atoms with E-state index in [2.05, 4.69) is 5.32 Å². The Balaban J connectivity index is 1.94. The van der Waals surface area contributed by atoms with Crippen LogP contribution in [0, 0.1) is 11.3 Å². The van der Waals surface area contributed by atoms with Gasteiger partial charge < -0.3 is 15.0 Å². The zero-order chi connectivity index (χ0) is 18.7. The van der Waals surface area contributed by atoms with Gasteiger partial charge in [0.2, 0.25) is 0 Å². The van der Waals surface area contributed by atoms with E-state index in [1.54, 1.807) is 42.6 Å². The maximum atomic E-state index is 12.4. The molecule has 6 nitrogen and oxygen atoms in total. The Morgan fingerprint density at radius 1 is 1.04 bits per heavy atom. The number of anilines is 1. The van der Waals surface area contributed by atoms with Crippen LogP contribution in [-0.4, -0.2) is 29.4 Å². The first-order chi connectivity index (χ1) is 12.5. The van der Waals surface area contributed by atoms with E-state index in [9.17, 15) is 14.7 Å². The molecule has 1 aromatic heterocycles. The fraction of sp³-hybridized carbons (Fsp3) is 0. The molecule has 26 heavy (non-hydrogen) atoms. The van der Waals surface area contributed by atoms with E-state index < -0.39 is 5.97 Å². The van der Waals surface area contributed by atoms with Crippen molar-refractivity contribution in [2.24, 2.45) is 0 Å². The molecule has 0 unspecified atom stereocenters. The van der Waals surface area contributed by atoms with Gasteiger partial charge in [-0.25, -0.2) is 4.79 Å². The van der Waals surface area contributed by atoms with Gasteiger partial charge in [0.25, 0.3) is 5.91 Å². The van der Waals surface area contributed by atoms with Crippen LogP contribution < -0.4 is 10.8 Å². The first-order valence-electron chi connectivity index (χ1n) is 7.83. The molecule has 0 saturated heterocycles. The predicted molar refractivity (Wildman–Crippen MR) is 100 cm³/mol. The van der Waals surface area contributed by atoms with E-state index in [0.29, 0.717) is 16.8 Å². The lowest BCUT2D eigenvalue weighted by molar-refractivity contribution is 0.0689. The van der Waals surface area contributed by atoms with Gasteiger partial charge in [0.15, 0.2) is 5.69 Å². The van der Waals surface area contributed by atoms with Crippen molar-refractivity contribution in [2.45, 2.75) is 0 Å². The Hall–Kier alpha value is -3.79. The van der Waals surface area contributed by atoms with Crippen molar-refractivity contribution in [3.05, 3.63) is 77.6 Å². The minimum atomic E-state index is -1.17. The lowest BCUT2D eigenvalue weighted by atomic mass is 9.95. The summed E-state index contributed by atoms with van der Waals surface area (Å²) in [6.07, 6.45) is 1.57. The van der Waals surface area contributed by atoms with Crippen LogP contribution in [0.3, 0.4) is 0 Å². The number of carbonyl (C=O) groups excluding carboxylic acids is 1. The Bertz CT molecular complexity index is 1020. The molecule has 0 radical (unpaired) electrons. The van der Waals surface area contributed by atoms with Crippen LogP contribution in [0.25, 0.3) is 5.69 Å². The van der Waals surface area contributed by atoms with Crippen LogP contribution in [0.5, 0.6) is 0 Å². The predicted octanol–water partition coefficient (Wildman–Crippen LogP) is 1.56. The Kier molecular flexibility index (Phi) is 4.58. The Morgan fingerprint density at radius 2 is 1.69 bits per heavy atom. The zero-order valence-corrected chi connectivity index (χ0v) is 13.9. The molecule has 0 aliphatic heterocycles. The highest BCUT2D eigenvalue weighted by atomic mass is 16.4. The second-order valence-corrected chi connectivity index (χ2v) is 5.73. The third-order valence-corrected chi connectivity index (χ3v) is 3.93. The van der Waals surface area contributed by atoms with Gasteiger partial charge in [-0.1, -0.05) is 29.7 Å². The van der Waals surface area contributed by atoms with Gasteiger partial charge in [-0.15, -0.1) is 0 Å². The lowest BCUT2D eigenvalue weighted by Gasteiger charge is -2.09. The summed E-state index contributed by atoms with van der Waals surface area (Å²) in [6.45, 7) is 0. The molecule has 0 bridgehead atoms. The van der Waals surface area contributed by atoms with Gasteiger partial charge >= 0.3 is 5.97 Å². The van der Waals surface area contributed by atoms with Crippen molar-refractivity contribution < 1.29 is 14.7 Å². The SMILES string of the molecule is Bc1ccc(C(=O)Nc2ccn(-c3ccc(C#N)cc3)c2C(=O)O)cc1. The minimum Gasteiger partial charge on any atom is -0.476 e. The molecule has 1 amide bonds. The van der Waals surface area contributed by atoms with E-state index in [1.807, 2.05) is 26.0 Å². The summed E-state index contributed by atoms with van der Waals surface area (Å²) in [5, 5.41) is 21.1. The van der Waals surface area contributed by atoms with Gasteiger partial charge in [0.05, 0.1) is 17.3 Å². The second-order valence-electron chi connectivity index (χ2n) is 5.73. The smallest absolute Gasteiger partial charge is 0.355 e. The zero-order valence-electron chi connectivity index (χ0n) is 13.9. The van der Waals surface area contributed by atoms with Crippen molar-refractivity contribution in [3.8, 4) is 11.8 Å². The summed E-state index contributed by atoms with van der Waals surface area (Å²) in [4.78, 5) is 24.1. The van der Waals surface area contributed by atoms with Gasteiger partial charge in [0.1, 0.15) is 7.85 Å². The largest absolute Gasteiger partial charge is 0.476 e. The van der Waals surface area contributed by atoms with Gasteiger partial charge in [0, 0.05) is 17.4 Å². The molecular weight excluding hydrogens is 329 g/mol. The number of nitriles is 1. The molecule has 3 aromatic rings. The van der Waals surface area contributed by atoms with Crippen LogP contribution >= 0.6 is 0 Å².